The van der Waals surface area contributed by atoms with Crippen molar-refractivity contribution in [3.63, 3.8) is 0 Å². The maximum atomic E-state index is 13.8. The number of aromatic nitrogens is 4. The van der Waals surface area contributed by atoms with Crippen LogP contribution in [0.3, 0.4) is 0 Å². The van der Waals surface area contributed by atoms with Crippen LogP contribution in [0.1, 0.15) is 31.1 Å². The number of nitrogens with zero attached hydrogens (tertiary/aromatic N) is 4. The Hall–Kier alpha value is -3.73. The van der Waals surface area contributed by atoms with Gasteiger partial charge < -0.3 is 9.47 Å². The van der Waals surface area contributed by atoms with E-state index in [1.54, 1.807) is 42.0 Å². The molecule has 0 spiro atoms. The second-order valence-electron chi connectivity index (χ2n) is 8.66. The van der Waals surface area contributed by atoms with Gasteiger partial charge in [-0.3, -0.25) is 9.13 Å². The molecule has 3 heterocycles. The Bertz CT molecular complexity index is 1610. The van der Waals surface area contributed by atoms with Gasteiger partial charge in [-0.05, 0) is 56.2 Å². The number of benzene rings is 1. The zero-order valence-electron chi connectivity index (χ0n) is 21.4. The van der Waals surface area contributed by atoms with Gasteiger partial charge >= 0.3 is 5.69 Å². The first-order chi connectivity index (χ1) is 17.6. The van der Waals surface area contributed by atoms with Crippen molar-refractivity contribution in [2.24, 2.45) is 0 Å². The Kier molecular flexibility index (Phi) is 7.35. The summed E-state index contributed by atoms with van der Waals surface area (Å²) in [6, 6.07) is 8.33. The summed E-state index contributed by atoms with van der Waals surface area (Å²) in [6.07, 6.45) is 2.73. The van der Waals surface area contributed by atoms with Crippen molar-refractivity contribution < 1.29 is 22.3 Å². The summed E-state index contributed by atoms with van der Waals surface area (Å²) >= 11 is 0. The number of ether oxygens (including phenoxy) is 2. The molecule has 0 saturated heterocycles. The third-order valence-corrected chi connectivity index (χ3v) is 7.08. The van der Waals surface area contributed by atoms with E-state index in [0.29, 0.717) is 35.8 Å². The van der Waals surface area contributed by atoms with Gasteiger partial charge in [-0.25, -0.2) is 27.6 Å². The Balaban J connectivity index is 2.00. The van der Waals surface area contributed by atoms with Crippen molar-refractivity contribution in [3.05, 3.63) is 70.2 Å². The molecule has 1 atom stereocenters. The van der Waals surface area contributed by atoms with Gasteiger partial charge in [0.2, 0.25) is 0 Å². The van der Waals surface area contributed by atoms with Crippen LogP contribution in [-0.4, -0.2) is 53.2 Å². The van der Waals surface area contributed by atoms with Gasteiger partial charge in [0, 0.05) is 24.6 Å². The van der Waals surface area contributed by atoms with Crippen molar-refractivity contribution in [2.45, 2.75) is 33.4 Å². The fourth-order valence-electron chi connectivity index (χ4n) is 4.49. The second kappa shape index (κ2) is 10.3. The van der Waals surface area contributed by atoms with E-state index in [9.17, 15) is 17.6 Å². The molecular weight excluding hydrogens is 499 g/mol. The van der Waals surface area contributed by atoms with Crippen LogP contribution in [0.15, 0.2) is 47.4 Å². The zero-order valence-corrected chi connectivity index (χ0v) is 22.2. The lowest BCUT2D eigenvalue weighted by atomic mass is 10.0. The third-order valence-electron chi connectivity index (χ3n) is 6.16. The molecule has 1 aromatic carbocycles. The number of aryl methyl sites for hydroxylation is 2. The van der Waals surface area contributed by atoms with Gasteiger partial charge in [-0.1, -0.05) is 12.1 Å². The zero-order chi connectivity index (χ0) is 26.9. The second-order valence-corrected chi connectivity index (χ2v) is 10.8. The van der Waals surface area contributed by atoms with Crippen LogP contribution in [-0.2, 0) is 16.4 Å². The van der Waals surface area contributed by atoms with Crippen molar-refractivity contribution in [1.82, 2.24) is 19.1 Å². The van der Waals surface area contributed by atoms with E-state index in [1.807, 2.05) is 13.8 Å². The van der Waals surface area contributed by atoms with Crippen LogP contribution in [0.2, 0.25) is 0 Å². The number of imidazole rings is 1. The first-order valence-electron chi connectivity index (χ1n) is 11.8. The molecular formula is C26H29FN4O5S. The fraction of sp³-hybridized carbons (Fsp3) is 0.346. The average Bonchev–Trinajstić information content (AvgIpc) is 3.15. The molecule has 0 amide bonds. The van der Waals surface area contributed by atoms with E-state index < -0.39 is 21.6 Å². The van der Waals surface area contributed by atoms with Gasteiger partial charge in [0.05, 0.1) is 36.7 Å². The van der Waals surface area contributed by atoms with Gasteiger partial charge in [0.25, 0.3) is 5.88 Å². The van der Waals surface area contributed by atoms with Crippen molar-refractivity contribution in [3.8, 4) is 22.8 Å². The van der Waals surface area contributed by atoms with Gasteiger partial charge in [-0.2, -0.15) is 0 Å². The summed E-state index contributed by atoms with van der Waals surface area (Å²) in [5.41, 5.74) is 3.09. The Morgan fingerprint density at radius 3 is 2.41 bits per heavy atom. The van der Waals surface area contributed by atoms with Crippen LogP contribution in [0.4, 0.5) is 4.39 Å². The highest BCUT2D eigenvalue weighted by Gasteiger charge is 2.29. The SMILES string of the molecule is CCOc1nc([C@@H](CS(C)(=O)=O)n2c(=O)n(CC)c3c(C)c(-c4ccc(F)cc4)cnc32)ccc1OC. The molecule has 4 rings (SSSR count). The fourth-order valence-corrected chi connectivity index (χ4v) is 5.38. The number of hydrogen-bond acceptors (Lipinski definition) is 7. The highest BCUT2D eigenvalue weighted by molar-refractivity contribution is 7.90. The van der Waals surface area contributed by atoms with Crippen molar-refractivity contribution in [1.29, 1.82) is 0 Å². The van der Waals surface area contributed by atoms with E-state index in [0.717, 1.165) is 22.9 Å². The molecule has 11 heteroatoms. The molecule has 196 valence electrons. The Morgan fingerprint density at radius 2 is 1.81 bits per heavy atom. The number of halogens is 1. The quantitative estimate of drug-likeness (QED) is 0.326. The summed E-state index contributed by atoms with van der Waals surface area (Å²) in [5, 5.41) is 0. The summed E-state index contributed by atoms with van der Waals surface area (Å²) < 4.78 is 52.4. The van der Waals surface area contributed by atoms with Gasteiger partial charge in [-0.15, -0.1) is 0 Å². The predicted octanol–water partition coefficient (Wildman–Crippen LogP) is 3.77. The van der Waals surface area contributed by atoms with Gasteiger partial charge in [0.15, 0.2) is 11.4 Å². The van der Waals surface area contributed by atoms with Crippen LogP contribution >= 0.6 is 0 Å². The summed E-state index contributed by atoms with van der Waals surface area (Å²) in [4.78, 5) is 22.9. The van der Waals surface area contributed by atoms with Crippen LogP contribution in [0.5, 0.6) is 11.6 Å². The largest absolute Gasteiger partial charge is 0.491 e. The molecule has 0 N–H and O–H groups in total. The number of methoxy groups -OCH3 is 1. The van der Waals surface area contributed by atoms with E-state index in [2.05, 4.69) is 9.97 Å². The molecule has 0 aliphatic rings. The first kappa shape index (κ1) is 26.3. The average molecular weight is 529 g/mol. The maximum Gasteiger partial charge on any atom is 0.330 e. The van der Waals surface area contributed by atoms with E-state index in [1.165, 1.54) is 23.8 Å². The molecule has 4 aromatic rings. The number of fused-ring (bicyclic) bond motifs is 1. The highest BCUT2D eigenvalue weighted by Crippen LogP contribution is 2.32. The third kappa shape index (κ3) is 5.08. The lowest BCUT2D eigenvalue weighted by molar-refractivity contribution is 0.296. The Labute approximate surface area is 214 Å². The minimum atomic E-state index is -3.55. The maximum absolute atomic E-state index is 13.8. The molecule has 3 aromatic heterocycles. The van der Waals surface area contributed by atoms with Crippen molar-refractivity contribution >= 4 is 21.0 Å². The molecule has 0 fully saturated rings. The van der Waals surface area contributed by atoms with Crippen LogP contribution in [0.25, 0.3) is 22.3 Å². The molecule has 0 unspecified atom stereocenters. The van der Waals surface area contributed by atoms with Crippen LogP contribution in [0, 0.1) is 12.7 Å². The molecule has 0 radical (unpaired) electrons. The molecule has 9 nitrogen and oxygen atoms in total. The van der Waals surface area contributed by atoms with E-state index >= 15 is 0 Å². The molecule has 0 bridgehead atoms. The summed E-state index contributed by atoms with van der Waals surface area (Å²) in [5.74, 6) is -0.129. The number of rotatable bonds is 9. The lowest BCUT2D eigenvalue weighted by Crippen LogP contribution is -2.32. The number of sulfone groups is 1. The predicted molar refractivity (Wildman–Crippen MR) is 140 cm³/mol. The minimum absolute atomic E-state index is 0.205. The van der Waals surface area contributed by atoms with E-state index in [-0.39, 0.29) is 17.5 Å². The summed E-state index contributed by atoms with van der Waals surface area (Å²) in [7, 11) is -2.07. The van der Waals surface area contributed by atoms with Crippen molar-refractivity contribution in [2.75, 3.05) is 25.7 Å². The monoisotopic (exact) mass is 528 g/mol. The van der Waals surface area contributed by atoms with Crippen LogP contribution < -0.4 is 15.2 Å². The first-order valence-corrected chi connectivity index (χ1v) is 13.9. The lowest BCUT2D eigenvalue weighted by Gasteiger charge is -2.19. The molecule has 0 aliphatic heterocycles. The number of hydrogen-bond donors (Lipinski definition) is 0. The highest BCUT2D eigenvalue weighted by atomic mass is 32.2. The van der Waals surface area contributed by atoms with E-state index in [4.69, 9.17) is 9.47 Å². The Morgan fingerprint density at radius 1 is 1.11 bits per heavy atom. The van der Waals surface area contributed by atoms with Gasteiger partial charge in [0.1, 0.15) is 15.7 Å². The minimum Gasteiger partial charge on any atom is -0.491 e. The normalized spacial score (nSPS) is 12.6. The number of pyridine rings is 2. The standard InChI is InChI=1S/C26H29FN4O5S/c1-6-30-23-16(3)19(17-8-10-18(27)11-9-17)14-28-24(23)31(26(30)32)21(15-37(5,33)34)20-12-13-22(35-4)25(29-20)36-7-2/h8-14,21H,6-7,15H2,1-5H3/t21-/m1/s1. The summed E-state index contributed by atoms with van der Waals surface area (Å²) in [6.45, 7) is 6.16. The molecule has 0 aliphatic carbocycles. The molecule has 0 saturated carbocycles. The topological polar surface area (TPSA) is 105 Å². The molecule has 37 heavy (non-hydrogen) atoms. The smallest absolute Gasteiger partial charge is 0.330 e.